The Hall–Kier alpha value is -3.96. The summed E-state index contributed by atoms with van der Waals surface area (Å²) >= 11 is 2.71. The molecule has 0 spiro atoms. The molecular formula is C26H28N6O3S2. The van der Waals surface area contributed by atoms with Crippen molar-refractivity contribution in [3.63, 3.8) is 0 Å². The zero-order valence-electron chi connectivity index (χ0n) is 20.7. The minimum atomic E-state index is -0.311. The molecule has 0 aliphatic rings. The van der Waals surface area contributed by atoms with E-state index in [1.165, 1.54) is 22.7 Å². The highest BCUT2D eigenvalue weighted by molar-refractivity contribution is 7.23. The Labute approximate surface area is 223 Å². The zero-order valence-corrected chi connectivity index (χ0v) is 22.3. The second-order valence-electron chi connectivity index (χ2n) is 8.60. The Kier molecular flexibility index (Phi) is 8.36. The molecule has 11 heteroatoms. The zero-order chi connectivity index (χ0) is 26.4. The second kappa shape index (κ2) is 11.8. The number of hydrogen-bond acceptors (Lipinski definition) is 8. The van der Waals surface area contributed by atoms with Gasteiger partial charge in [-0.25, -0.2) is 14.8 Å². The standard InChI is InChI=1S/C26H28N6O3S2/c1-15(2)10-11-28-25(34)32-26-31-22(27)21(37-26)24-30-20(14-36-24)16-6-4-8-18(12-16)29-23(33)17-7-5-9-19(13-17)35-3/h4-9,12-15H,10-11,27H2,1-3H3,(H,29,33)(H2,28,31,32,34). The van der Waals surface area contributed by atoms with Crippen LogP contribution in [0.1, 0.15) is 30.6 Å². The molecule has 0 saturated heterocycles. The van der Waals surface area contributed by atoms with Crippen molar-refractivity contribution in [2.75, 3.05) is 30.0 Å². The van der Waals surface area contributed by atoms with E-state index >= 15 is 0 Å². The number of urea groups is 1. The van der Waals surface area contributed by atoms with E-state index in [2.05, 4.69) is 34.8 Å². The molecule has 0 aliphatic carbocycles. The summed E-state index contributed by atoms with van der Waals surface area (Å²) in [6, 6.07) is 14.1. The van der Waals surface area contributed by atoms with Crippen LogP contribution in [0.5, 0.6) is 5.75 Å². The third kappa shape index (κ3) is 6.83. The van der Waals surface area contributed by atoms with Crippen molar-refractivity contribution in [2.24, 2.45) is 5.92 Å². The molecule has 9 nitrogen and oxygen atoms in total. The SMILES string of the molecule is COc1cccc(C(=O)Nc2cccc(-c3csc(-c4sc(NC(=O)NCCC(C)C)nc4N)n3)c2)c1. The highest BCUT2D eigenvalue weighted by atomic mass is 32.1. The lowest BCUT2D eigenvalue weighted by atomic mass is 10.1. The van der Waals surface area contributed by atoms with Crippen LogP contribution in [-0.4, -0.2) is 35.6 Å². The lowest BCUT2D eigenvalue weighted by Gasteiger charge is -2.08. The predicted molar refractivity (Wildman–Crippen MR) is 150 cm³/mol. The molecule has 37 heavy (non-hydrogen) atoms. The van der Waals surface area contributed by atoms with Gasteiger partial charge in [0.2, 0.25) is 0 Å². The summed E-state index contributed by atoms with van der Waals surface area (Å²) in [5.41, 5.74) is 8.86. The van der Waals surface area contributed by atoms with Crippen LogP contribution >= 0.6 is 22.7 Å². The van der Waals surface area contributed by atoms with E-state index in [4.69, 9.17) is 15.5 Å². The Morgan fingerprint density at radius 1 is 1.08 bits per heavy atom. The number of nitrogens with two attached hydrogens (primary N) is 1. The monoisotopic (exact) mass is 536 g/mol. The third-order valence-corrected chi connectivity index (χ3v) is 7.31. The number of aromatic nitrogens is 2. The van der Waals surface area contributed by atoms with Crippen LogP contribution in [0.3, 0.4) is 0 Å². The minimum Gasteiger partial charge on any atom is -0.497 e. The largest absolute Gasteiger partial charge is 0.497 e. The molecule has 0 aliphatic heterocycles. The van der Waals surface area contributed by atoms with Gasteiger partial charge in [0.25, 0.3) is 5.91 Å². The summed E-state index contributed by atoms with van der Waals surface area (Å²) in [4.78, 5) is 34.5. The Morgan fingerprint density at radius 3 is 2.68 bits per heavy atom. The van der Waals surface area contributed by atoms with Gasteiger partial charge < -0.3 is 21.1 Å². The molecule has 5 N–H and O–H groups in total. The average Bonchev–Trinajstić information content (AvgIpc) is 3.50. The van der Waals surface area contributed by atoms with Crippen molar-refractivity contribution < 1.29 is 14.3 Å². The van der Waals surface area contributed by atoms with Crippen molar-refractivity contribution in [2.45, 2.75) is 20.3 Å². The molecule has 0 unspecified atom stereocenters. The summed E-state index contributed by atoms with van der Waals surface area (Å²) in [6.45, 7) is 4.79. The summed E-state index contributed by atoms with van der Waals surface area (Å²) in [5.74, 6) is 1.19. The number of ether oxygens (including phenoxy) is 1. The van der Waals surface area contributed by atoms with Gasteiger partial charge in [0.15, 0.2) is 5.13 Å². The molecule has 0 bridgehead atoms. The molecule has 2 aromatic carbocycles. The summed E-state index contributed by atoms with van der Waals surface area (Å²) in [7, 11) is 1.56. The van der Waals surface area contributed by atoms with E-state index < -0.39 is 0 Å². The van der Waals surface area contributed by atoms with Crippen LogP contribution in [0.15, 0.2) is 53.9 Å². The highest BCUT2D eigenvalue weighted by Crippen LogP contribution is 2.38. The molecule has 2 aromatic heterocycles. The number of nitrogen functional groups attached to an aromatic ring is 1. The molecule has 192 valence electrons. The molecule has 0 fully saturated rings. The number of thiazole rings is 2. The van der Waals surface area contributed by atoms with Gasteiger partial charge in [-0.2, -0.15) is 0 Å². The van der Waals surface area contributed by atoms with Crippen molar-refractivity contribution in [3.8, 4) is 26.9 Å². The van der Waals surface area contributed by atoms with E-state index in [9.17, 15) is 9.59 Å². The van der Waals surface area contributed by atoms with E-state index in [0.717, 1.165) is 17.7 Å². The van der Waals surface area contributed by atoms with Crippen LogP contribution in [-0.2, 0) is 0 Å². The van der Waals surface area contributed by atoms with Crippen LogP contribution in [0.25, 0.3) is 21.1 Å². The van der Waals surface area contributed by atoms with Crippen molar-refractivity contribution in [1.82, 2.24) is 15.3 Å². The summed E-state index contributed by atoms with van der Waals surface area (Å²) in [6.07, 6.45) is 0.895. The number of nitrogens with zero attached hydrogens (tertiary/aromatic N) is 2. The predicted octanol–water partition coefficient (Wildman–Crippen LogP) is 5.94. The van der Waals surface area contributed by atoms with Gasteiger partial charge in [-0.05, 0) is 42.7 Å². The van der Waals surface area contributed by atoms with Gasteiger partial charge >= 0.3 is 6.03 Å². The Balaban J connectivity index is 1.44. The molecular weight excluding hydrogens is 508 g/mol. The maximum Gasteiger partial charge on any atom is 0.321 e. The molecule has 0 saturated carbocycles. The maximum absolute atomic E-state index is 12.7. The van der Waals surface area contributed by atoms with Crippen molar-refractivity contribution in [3.05, 3.63) is 59.5 Å². The molecule has 3 amide bonds. The van der Waals surface area contributed by atoms with Gasteiger partial charge in [0.1, 0.15) is 21.5 Å². The van der Waals surface area contributed by atoms with E-state index in [0.29, 0.717) is 50.3 Å². The maximum atomic E-state index is 12.7. The first-order valence-corrected chi connectivity index (χ1v) is 13.3. The Morgan fingerprint density at radius 2 is 1.89 bits per heavy atom. The van der Waals surface area contributed by atoms with Gasteiger partial charge in [-0.3, -0.25) is 10.1 Å². The lowest BCUT2D eigenvalue weighted by Crippen LogP contribution is -2.30. The van der Waals surface area contributed by atoms with Crippen LogP contribution in [0.2, 0.25) is 0 Å². The first-order chi connectivity index (χ1) is 17.8. The quantitative estimate of drug-likeness (QED) is 0.209. The number of benzene rings is 2. The number of nitrogens with one attached hydrogen (secondary N) is 3. The normalized spacial score (nSPS) is 10.8. The summed E-state index contributed by atoms with van der Waals surface area (Å²) < 4.78 is 5.20. The minimum absolute atomic E-state index is 0.235. The fourth-order valence-electron chi connectivity index (χ4n) is 3.39. The van der Waals surface area contributed by atoms with Crippen molar-refractivity contribution >= 4 is 51.2 Å². The van der Waals surface area contributed by atoms with E-state index in [-0.39, 0.29) is 11.9 Å². The number of carbonyl (C=O) groups excluding carboxylic acids is 2. The number of amides is 3. The van der Waals surface area contributed by atoms with Crippen molar-refractivity contribution in [1.29, 1.82) is 0 Å². The molecule has 0 atom stereocenters. The van der Waals surface area contributed by atoms with Crippen LogP contribution < -0.4 is 26.4 Å². The average molecular weight is 537 g/mol. The lowest BCUT2D eigenvalue weighted by molar-refractivity contribution is 0.102. The first kappa shape index (κ1) is 26.1. The Bertz CT molecular complexity index is 1400. The fraction of sp³-hybridized carbons (Fsp3) is 0.231. The number of methoxy groups -OCH3 is 1. The van der Waals surface area contributed by atoms with Gasteiger partial charge in [0.05, 0.1) is 12.8 Å². The van der Waals surface area contributed by atoms with E-state index in [1.54, 1.807) is 31.4 Å². The molecule has 0 radical (unpaired) electrons. The van der Waals surface area contributed by atoms with E-state index in [1.807, 2.05) is 29.6 Å². The number of anilines is 3. The summed E-state index contributed by atoms with van der Waals surface area (Å²) in [5, 5.41) is 11.5. The second-order valence-corrected chi connectivity index (χ2v) is 10.5. The number of carbonyl (C=O) groups is 2. The topological polar surface area (TPSA) is 131 Å². The molecule has 4 rings (SSSR count). The molecule has 2 heterocycles. The third-order valence-electron chi connectivity index (χ3n) is 5.33. The molecule has 4 aromatic rings. The van der Waals surface area contributed by atoms with Gasteiger partial charge in [-0.1, -0.05) is 43.4 Å². The van der Waals surface area contributed by atoms with Crippen LogP contribution in [0.4, 0.5) is 21.4 Å². The highest BCUT2D eigenvalue weighted by Gasteiger charge is 2.17. The fourth-order valence-corrected chi connectivity index (χ4v) is 5.20. The van der Waals surface area contributed by atoms with Gasteiger partial charge in [-0.15, -0.1) is 11.3 Å². The number of rotatable bonds is 9. The van der Waals surface area contributed by atoms with Gasteiger partial charge in [0, 0.05) is 28.7 Å². The number of hydrogen-bond donors (Lipinski definition) is 4. The van der Waals surface area contributed by atoms with Crippen LogP contribution in [0, 0.1) is 5.92 Å². The smallest absolute Gasteiger partial charge is 0.321 e. The first-order valence-electron chi connectivity index (χ1n) is 11.6.